The van der Waals surface area contributed by atoms with Gasteiger partial charge in [-0.1, -0.05) is 13.8 Å². The Kier molecular flexibility index (Phi) is 6.96. The third kappa shape index (κ3) is 6.85. The van der Waals surface area contributed by atoms with Crippen LogP contribution in [0.2, 0.25) is 0 Å². The number of nitrogens with one attached hydrogen (secondary N) is 1. The predicted molar refractivity (Wildman–Crippen MR) is 63.6 cm³/mol. The second-order valence-electron chi connectivity index (χ2n) is 4.37. The highest BCUT2D eigenvalue weighted by molar-refractivity contribution is 5.86. The Morgan fingerprint density at radius 3 is 2.28 bits per heavy atom. The van der Waals surface area contributed by atoms with Crippen molar-refractivity contribution in [2.75, 3.05) is 6.61 Å². The van der Waals surface area contributed by atoms with Crippen molar-refractivity contribution in [3.8, 4) is 0 Å². The molecule has 0 saturated heterocycles. The SMILES string of the molecule is CC(=O)OC[C@@H](NC(=O)[C@H](N)CC(=O)O)C(C)C. The van der Waals surface area contributed by atoms with Crippen LogP contribution in [-0.4, -0.2) is 41.6 Å². The van der Waals surface area contributed by atoms with E-state index in [1.54, 1.807) is 0 Å². The highest BCUT2D eigenvalue weighted by atomic mass is 16.5. The van der Waals surface area contributed by atoms with Crippen LogP contribution >= 0.6 is 0 Å². The van der Waals surface area contributed by atoms with E-state index in [0.29, 0.717) is 0 Å². The maximum Gasteiger partial charge on any atom is 0.305 e. The first kappa shape index (κ1) is 16.4. The van der Waals surface area contributed by atoms with E-state index in [-0.39, 0.29) is 18.6 Å². The third-order valence-corrected chi connectivity index (χ3v) is 2.33. The molecule has 2 atom stereocenters. The first-order valence-electron chi connectivity index (χ1n) is 5.65. The van der Waals surface area contributed by atoms with Crippen molar-refractivity contribution in [1.29, 1.82) is 0 Å². The molecule has 18 heavy (non-hydrogen) atoms. The van der Waals surface area contributed by atoms with Gasteiger partial charge in [-0.25, -0.2) is 0 Å². The number of carbonyl (C=O) groups excluding carboxylic acids is 2. The molecule has 0 rings (SSSR count). The summed E-state index contributed by atoms with van der Waals surface area (Å²) in [4.78, 5) is 32.7. The molecule has 0 aliphatic carbocycles. The van der Waals surface area contributed by atoms with Crippen LogP contribution in [0.5, 0.6) is 0 Å². The van der Waals surface area contributed by atoms with Crippen LogP contribution in [0.15, 0.2) is 0 Å². The average Bonchev–Trinajstić information content (AvgIpc) is 2.21. The molecule has 0 aromatic carbocycles. The van der Waals surface area contributed by atoms with Crippen molar-refractivity contribution in [3.05, 3.63) is 0 Å². The largest absolute Gasteiger partial charge is 0.481 e. The topological polar surface area (TPSA) is 119 Å². The number of hydrogen-bond acceptors (Lipinski definition) is 5. The number of rotatable bonds is 7. The first-order chi connectivity index (χ1) is 8.23. The normalized spacial score (nSPS) is 13.8. The number of carboxylic acids is 1. The molecule has 0 unspecified atom stereocenters. The zero-order chi connectivity index (χ0) is 14.3. The van der Waals surface area contributed by atoms with E-state index in [2.05, 4.69) is 5.32 Å². The van der Waals surface area contributed by atoms with E-state index in [1.165, 1.54) is 6.92 Å². The third-order valence-electron chi connectivity index (χ3n) is 2.33. The van der Waals surface area contributed by atoms with Gasteiger partial charge in [0.25, 0.3) is 0 Å². The Balaban J connectivity index is 4.35. The highest BCUT2D eigenvalue weighted by Crippen LogP contribution is 2.03. The van der Waals surface area contributed by atoms with Crippen LogP contribution < -0.4 is 11.1 Å². The minimum atomic E-state index is -1.14. The van der Waals surface area contributed by atoms with Crippen molar-refractivity contribution >= 4 is 17.8 Å². The summed E-state index contributed by atoms with van der Waals surface area (Å²) >= 11 is 0. The summed E-state index contributed by atoms with van der Waals surface area (Å²) in [6.07, 6.45) is -0.440. The smallest absolute Gasteiger partial charge is 0.305 e. The van der Waals surface area contributed by atoms with E-state index in [0.717, 1.165) is 0 Å². The molecule has 7 nitrogen and oxygen atoms in total. The Labute approximate surface area is 106 Å². The monoisotopic (exact) mass is 260 g/mol. The summed E-state index contributed by atoms with van der Waals surface area (Å²) in [6.45, 7) is 5.00. The second-order valence-corrected chi connectivity index (χ2v) is 4.37. The Morgan fingerprint density at radius 1 is 1.33 bits per heavy atom. The average molecular weight is 260 g/mol. The number of carbonyl (C=O) groups is 3. The summed E-state index contributed by atoms with van der Waals surface area (Å²) in [7, 11) is 0. The molecule has 0 aromatic rings. The molecule has 0 heterocycles. The van der Waals surface area contributed by atoms with Crippen molar-refractivity contribution in [3.63, 3.8) is 0 Å². The molecule has 0 spiro atoms. The molecule has 0 saturated carbocycles. The van der Waals surface area contributed by atoms with Crippen molar-refractivity contribution in [1.82, 2.24) is 5.32 Å². The fourth-order valence-electron chi connectivity index (χ4n) is 1.18. The number of hydrogen-bond donors (Lipinski definition) is 3. The summed E-state index contributed by atoms with van der Waals surface area (Å²) in [6, 6.07) is -1.50. The highest BCUT2D eigenvalue weighted by Gasteiger charge is 2.22. The minimum Gasteiger partial charge on any atom is -0.481 e. The fourth-order valence-corrected chi connectivity index (χ4v) is 1.18. The van der Waals surface area contributed by atoms with Gasteiger partial charge in [0.05, 0.1) is 18.5 Å². The van der Waals surface area contributed by atoms with Gasteiger partial charge in [0, 0.05) is 6.92 Å². The quantitative estimate of drug-likeness (QED) is 0.530. The van der Waals surface area contributed by atoms with Gasteiger partial charge in [-0.2, -0.15) is 0 Å². The number of aliphatic carboxylic acids is 1. The van der Waals surface area contributed by atoms with Crippen LogP contribution in [-0.2, 0) is 19.1 Å². The van der Waals surface area contributed by atoms with Crippen molar-refractivity contribution in [2.24, 2.45) is 11.7 Å². The van der Waals surface area contributed by atoms with Crippen LogP contribution in [0.1, 0.15) is 27.2 Å². The Morgan fingerprint density at radius 2 is 1.89 bits per heavy atom. The lowest BCUT2D eigenvalue weighted by molar-refractivity contribution is -0.143. The van der Waals surface area contributed by atoms with E-state index in [9.17, 15) is 14.4 Å². The van der Waals surface area contributed by atoms with Crippen molar-refractivity contribution in [2.45, 2.75) is 39.3 Å². The summed E-state index contributed by atoms with van der Waals surface area (Å²) in [5.41, 5.74) is 5.42. The van der Waals surface area contributed by atoms with Gasteiger partial charge in [0.1, 0.15) is 6.61 Å². The second kappa shape index (κ2) is 7.65. The number of amides is 1. The minimum absolute atomic E-state index is 0.0327. The number of esters is 1. The number of nitrogens with two attached hydrogens (primary N) is 1. The number of ether oxygens (including phenoxy) is 1. The van der Waals surface area contributed by atoms with Crippen molar-refractivity contribution < 1.29 is 24.2 Å². The Hall–Kier alpha value is -1.63. The van der Waals surface area contributed by atoms with Gasteiger partial charge in [0.2, 0.25) is 5.91 Å². The van der Waals surface area contributed by atoms with Crippen LogP contribution in [0.4, 0.5) is 0 Å². The maximum absolute atomic E-state index is 11.6. The molecule has 0 aliphatic heterocycles. The summed E-state index contributed by atoms with van der Waals surface area (Å²) in [5, 5.41) is 11.1. The molecule has 0 fully saturated rings. The first-order valence-corrected chi connectivity index (χ1v) is 5.65. The molecule has 1 amide bonds. The van der Waals surface area contributed by atoms with E-state index in [4.69, 9.17) is 15.6 Å². The van der Waals surface area contributed by atoms with Gasteiger partial charge < -0.3 is 20.9 Å². The van der Waals surface area contributed by atoms with Crippen LogP contribution in [0, 0.1) is 5.92 Å². The van der Waals surface area contributed by atoms with E-state index >= 15 is 0 Å². The number of carboxylic acid groups (broad SMARTS) is 1. The molecular formula is C11H20N2O5. The predicted octanol–water partition coefficient (Wildman–Crippen LogP) is -0.508. The van der Waals surface area contributed by atoms with Gasteiger partial charge in [0.15, 0.2) is 0 Å². The van der Waals surface area contributed by atoms with Gasteiger partial charge in [-0.15, -0.1) is 0 Å². The lowest BCUT2D eigenvalue weighted by Crippen LogP contribution is -2.49. The Bertz CT molecular complexity index is 317. The van der Waals surface area contributed by atoms with Gasteiger partial charge in [-0.05, 0) is 5.92 Å². The fraction of sp³-hybridized carbons (Fsp3) is 0.727. The summed E-state index contributed by atoms with van der Waals surface area (Å²) < 4.78 is 4.82. The molecular weight excluding hydrogens is 240 g/mol. The van der Waals surface area contributed by atoms with Crippen LogP contribution in [0.25, 0.3) is 0 Å². The van der Waals surface area contributed by atoms with Crippen LogP contribution in [0.3, 0.4) is 0 Å². The van der Waals surface area contributed by atoms with E-state index < -0.39 is 30.3 Å². The molecule has 7 heteroatoms. The van der Waals surface area contributed by atoms with Gasteiger partial charge >= 0.3 is 11.9 Å². The molecule has 0 radical (unpaired) electrons. The zero-order valence-electron chi connectivity index (χ0n) is 10.8. The lowest BCUT2D eigenvalue weighted by Gasteiger charge is -2.23. The zero-order valence-corrected chi connectivity index (χ0v) is 10.8. The lowest BCUT2D eigenvalue weighted by atomic mass is 10.0. The molecule has 0 bridgehead atoms. The standard InChI is InChI=1S/C11H20N2O5/c1-6(2)9(5-18-7(3)14)13-11(17)8(12)4-10(15)16/h6,8-9H,4-5,12H2,1-3H3,(H,13,17)(H,15,16)/t8-,9-/m1/s1. The molecule has 4 N–H and O–H groups in total. The summed E-state index contributed by atoms with van der Waals surface area (Å²) in [5.74, 6) is -2.11. The van der Waals surface area contributed by atoms with Gasteiger partial charge in [-0.3, -0.25) is 14.4 Å². The van der Waals surface area contributed by atoms with E-state index in [1.807, 2.05) is 13.8 Å². The molecule has 104 valence electrons. The maximum atomic E-state index is 11.6. The molecule has 0 aromatic heterocycles. The molecule has 0 aliphatic rings.